The van der Waals surface area contributed by atoms with Crippen molar-refractivity contribution < 1.29 is 9.72 Å². The van der Waals surface area contributed by atoms with E-state index in [9.17, 15) is 14.9 Å². The van der Waals surface area contributed by atoms with Crippen LogP contribution in [0.2, 0.25) is 0 Å². The molecule has 0 aromatic rings. The summed E-state index contributed by atoms with van der Waals surface area (Å²) in [4.78, 5) is 21.9. The molecule has 2 rings (SSSR count). The zero-order valence-electron chi connectivity index (χ0n) is 8.65. The molecule has 5 nitrogen and oxygen atoms in total. The van der Waals surface area contributed by atoms with E-state index in [0.29, 0.717) is 18.8 Å². The lowest BCUT2D eigenvalue weighted by Gasteiger charge is -2.30. The number of rotatable bonds is 2. The van der Waals surface area contributed by atoms with Crippen LogP contribution < -0.4 is 5.32 Å². The Morgan fingerprint density at radius 2 is 1.93 bits per heavy atom. The third kappa shape index (κ3) is 2.11. The average Bonchev–Trinajstić information content (AvgIpc) is 2.69. The van der Waals surface area contributed by atoms with Gasteiger partial charge in [-0.15, -0.1) is 0 Å². The molecule has 0 bridgehead atoms. The fourth-order valence-electron chi connectivity index (χ4n) is 2.80. The van der Waals surface area contributed by atoms with Crippen LogP contribution in [0.1, 0.15) is 38.5 Å². The second kappa shape index (κ2) is 4.16. The lowest BCUT2D eigenvalue weighted by atomic mass is 9.87. The minimum Gasteiger partial charge on any atom is -0.346 e. The molecular weight excluding hydrogens is 196 g/mol. The molecule has 1 saturated heterocycles. The van der Waals surface area contributed by atoms with Crippen LogP contribution in [-0.4, -0.2) is 22.9 Å². The lowest BCUT2D eigenvalue weighted by Crippen LogP contribution is -2.54. The van der Waals surface area contributed by atoms with Crippen molar-refractivity contribution >= 4 is 5.91 Å². The van der Waals surface area contributed by atoms with Gasteiger partial charge in [-0.3, -0.25) is 14.9 Å². The van der Waals surface area contributed by atoms with Gasteiger partial charge in [-0.05, 0) is 18.8 Å². The first kappa shape index (κ1) is 10.4. The van der Waals surface area contributed by atoms with E-state index in [-0.39, 0.29) is 16.9 Å². The molecule has 1 aliphatic heterocycles. The molecule has 2 fully saturated rings. The molecule has 84 valence electrons. The molecule has 5 heteroatoms. The predicted octanol–water partition coefficient (Wildman–Crippen LogP) is 1.10. The molecule has 2 atom stereocenters. The van der Waals surface area contributed by atoms with Gasteiger partial charge in [0.05, 0.1) is 6.04 Å². The summed E-state index contributed by atoms with van der Waals surface area (Å²) in [6.07, 6.45) is 5.03. The van der Waals surface area contributed by atoms with Crippen molar-refractivity contribution in [1.29, 1.82) is 0 Å². The monoisotopic (exact) mass is 212 g/mol. The van der Waals surface area contributed by atoms with Gasteiger partial charge in [0.15, 0.2) is 0 Å². The minimum atomic E-state index is -0.564. The fraction of sp³-hybridized carbons (Fsp3) is 0.900. The number of piperidine rings is 1. The Bertz CT molecular complexity index is 274. The Balaban J connectivity index is 2.08. The number of carbonyl (C=O) groups excluding carboxylic acids is 1. The van der Waals surface area contributed by atoms with Gasteiger partial charge >= 0.3 is 0 Å². The molecule has 1 amide bonds. The van der Waals surface area contributed by atoms with Crippen LogP contribution in [0.3, 0.4) is 0 Å². The number of nitro groups is 1. The van der Waals surface area contributed by atoms with E-state index in [1.54, 1.807) is 0 Å². The molecule has 0 radical (unpaired) electrons. The quantitative estimate of drug-likeness (QED) is 0.550. The topological polar surface area (TPSA) is 72.2 Å². The van der Waals surface area contributed by atoms with E-state index in [1.807, 2.05) is 0 Å². The molecule has 0 unspecified atom stereocenters. The first-order valence-corrected chi connectivity index (χ1v) is 5.61. The zero-order chi connectivity index (χ0) is 10.8. The van der Waals surface area contributed by atoms with Crippen LogP contribution in [0.5, 0.6) is 0 Å². The maximum atomic E-state index is 11.3. The molecule has 1 aliphatic carbocycles. The predicted molar refractivity (Wildman–Crippen MR) is 53.9 cm³/mol. The van der Waals surface area contributed by atoms with Crippen molar-refractivity contribution in [3.8, 4) is 0 Å². The lowest BCUT2D eigenvalue weighted by molar-refractivity contribution is -0.530. The molecule has 2 aliphatic rings. The maximum absolute atomic E-state index is 11.3. The summed E-state index contributed by atoms with van der Waals surface area (Å²) in [5, 5.41) is 13.7. The first-order valence-electron chi connectivity index (χ1n) is 5.61. The number of nitrogens with one attached hydrogen (secondary N) is 1. The summed E-state index contributed by atoms with van der Waals surface area (Å²) in [5.41, 5.74) is 0. The number of hydrogen-bond acceptors (Lipinski definition) is 3. The number of carbonyl (C=O) groups is 1. The molecule has 1 N–H and O–H groups in total. The van der Waals surface area contributed by atoms with E-state index in [0.717, 1.165) is 25.7 Å². The normalized spacial score (nSPS) is 32.7. The van der Waals surface area contributed by atoms with Crippen molar-refractivity contribution in [2.45, 2.75) is 50.6 Å². The molecule has 15 heavy (non-hydrogen) atoms. The molecule has 1 heterocycles. The number of hydrogen-bond donors (Lipinski definition) is 1. The van der Waals surface area contributed by atoms with Crippen molar-refractivity contribution in [1.82, 2.24) is 5.32 Å². The van der Waals surface area contributed by atoms with Gasteiger partial charge < -0.3 is 5.32 Å². The zero-order valence-corrected chi connectivity index (χ0v) is 8.65. The van der Waals surface area contributed by atoms with E-state index >= 15 is 0 Å². The van der Waals surface area contributed by atoms with Crippen LogP contribution in [-0.2, 0) is 4.79 Å². The van der Waals surface area contributed by atoms with Crippen molar-refractivity contribution in [3.63, 3.8) is 0 Å². The van der Waals surface area contributed by atoms with Crippen molar-refractivity contribution in [2.24, 2.45) is 5.92 Å². The summed E-state index contributed by atoms with van der Waals surface area (Å²) in [7, 11) is 0. The van der Waals surface area contributed by atoms with Gasteiger partial charge in [0.2, 0.25) is 11.9 Å². The molecule has 0 spiro atoms. The summed E-state index contributed by atoms with van der Waals surface area (Å²) in [5.74, 6) is 0.301. The highest BCUT2D eigenvalue weighted by atomic mass is 16.6. The Kier molecular flexibility index (Phi) is 2.88. The van der Waals surface area contributed by atoms with Gasteiger partial charge in [-0.2, -0.15) is 0 Å². The van der Waals surface area contributed by atoms with Crippen LogP contribution in [0, 0.1) is 16.0 Å². The van der Waals surface area contributed by atoms with Crippen LogP contribution in [0.15, 0.2) is 0 Å². The molecule has 0 aromatic carbocycles. The van der Waals surface area contributed by atoms with Crippen molar-refractivity contribution in [3.05, 3.63) is 10.1 Å². The standard InChI is InChI=1S/C10H16N2O3/c13-9-6-5-8(12(14)15)10(11-9)7-3-1-2-4-7/h7-8,10H,1-6H2,(H,11,13)/t8-,10-/m0/s1. The Morgan fingerprint density at radius 1 is 1.27 bits per heavy atom. The second-order valence-electron chi connectivity index (χ2n) is 4.53. The highest BCUT2D eigenvalue weighted by Gasteiger charge is 2.42. The van der Waals surface area contributed by atoms with E-state index in [2.05, 4.69) is 5.32 Å². The minimum absolute atomic E-state index is 0.0231. The number of amides is 1. The molecule has 1 saturated carbocycles. The number of nitrogens with zero attached hydrogens (tertiary/aromatic N) is 1. The third-order valence-electron chi connectivity index (χ3n) is 3.59. The fourth-order valence-corrected chi connectivity index (χ4v) is 2.80. The smallest absolute Gasteiger partial charge is 0.233 e. The second-order valence-corrected chi connectivity index (χ2v) is 4.53. The summed E-state index contributed by atoms with van der Waals surface area (Å²) >= 11 is 0. The third-order valence-corrected chi connectivity index (χ3v) is 3.59. The van der Waals surface area contributed by atoms with E-state index < -0.39 is 6.04 Å². The van der Waals surface area contributed by atoms with Gasteiger partial charge in [0, 0.05) is 17.8 Å². The molecule has 0 aromatic heterocycles. The van der Waals surface area contributed by atoms with Crippen molar-refractivity contribution in [2.75, 3.05) is 0 Å². The SMILES string of the molecule is O=C1CC[C@H]([N+](=O)[O-])[C@H](C2CCCC2)N1. The van der Waals surface area contributed by atoms with Crippen LogP contribution in [0.4, 0.5) is 0 Å². The van der Waals surface area contributed by atoms with Gasteiger partial charge in [0.1, 0.15) is 0 Å². The Morgan fingerprint density at radius 3 is 2.53 bits per heavy atom. The largest absolute Gasteiger partial charge is 0.346 e. The Hall–Kier alpha value is -1.13. The van der Waals surface area contributed by atoms with Gasteiger partial charge in [0.25, 0.3) is 0 Å². The van der Waals surface area contributed by atoms with E-state index in [4.69, 9.17) is 0 Å². The highest BCUT2D eigenvalue weighted by molar-refractivity contribution is 5.77. The van der Waals surface area contributed by atoms with Gasteiger partial charge in [-0.1, -0.05) is 12.8 Å². The van der Waals surface area contributed by atoms with Gasteiger partial charge in [-0.25, -0.2) is 0 Å². The summed E-state index contributed by atoms with van der Waals surface area (Å²) in [6.45, 7) is 0. The van der Waals surface area contributed by atoms with Crippen LogP contribution >= 0.6 is 0 Å². The summed E-state index contributed by atoms with van der Waals surface area (Å²) < 4.78 is 0. The van der Waals surface area contributed by atoms with E-state index in [1.165, 1.54) is 0 Å². The van der Waals surface area contributed by atoms with Crippen LogP contribution in [0.25, 0.3) is 0 Å². The Labute approximate surface area is 88.4 Å². The average molecular weight is 212 g/mol. The maximum Gasteiger partial charge on any atom is 0.233 e. The molecular formula is C10H16N2O3. The summed E-state index contributed by atoms with van der Waals surface area (Å²) in [6, 6.07) is -0.783. The first-order chi connectivity index (χ1) is 7.18. The highest BCUT2D eigenvalue weighted by Crippen LogP contribution is 2.32.